The molecule has 3 aromatic carbocycles. The fourth-order valence-corrected chi connectivity index (χ4v) is 2.90. The highest BCUT2D eigenvalue weighted by molar-refractivity contribution is 6.32. The van der Waals surface area contributed by atoms with Crippen molar-refractivity contribution in [1.82, 2.24) is 0 Å². The van der Waals surface area contributed by atoms with Crippen LogP contribution >= 0.6 is 11.6 Å². The molecule has 6 nitrogen and oxygen atoms in total. The number of benzene rings is 3. The molecule has 0 aliphatic heterocycles. The van der Waals surface area contributed by atoms with E-state index in [9.17, 15) is 14.0 Å². The van der Waals surface area contributed by atoms with Gasteiger partial charge in [-0.25, -0.2) is 9.18 Å². The van der Waals surface area contributed by atoms with Crippen molar-refractivity contribution in [2.24, 2.45) is 4.99 Å². The predicted molar refractivity (Wildman–Crippen MR) is 122 cm³/mol. The van der Waals surface area contributed by atoms with Gasteiger partial charge in [-0.3, -0.25) is 9.79 Å². The average molecular weight is 455 g/mol. The number of para-hydroxylation sites is 1. The number of carbonyl (C=O) groups is 2. The number of nitrogens with zero attached hydrogens (tertiary/aromatic N) is 1. The van der Waals surface area contributed by atoms with E-state index in [1.54, 1.807) is 61.7 Å². The van der Waals surface area contributed by atoms with Crippen LogP contribution in [0, 0.1) is 5.82 Å². The molecule has 0 atom stereocenters. The van der Waals surface area contributed by atoms with Crippen molar-refractivity contribution in [2.45, 2.75) is 6.92 Å². The molecule has 164 valence electrons. The van der Waals surface area contributed by atoms with Crippen molar-refractivity contribution < 1.29 is 23.5 Å². The lowest BCUT2D eigenvalue weighted by molar-refractivity contribution is -0.118. The standard InChI is InChI=1S/C24H20ClFN2O4/c1-2-31-24(30)17-8-10-18(11-9-17)27-14-16-7-12-22(19(25)13-16)32-15-23(29)28-21-6-4-3-5-20(21)26/h3-14H,2,15H2,1H3,(H,28,29). The summed E-state index contributed by atoms with van der Waals surface area (Å²) in [4.78, 5) is 28.0. The number of aliphatic imine (C=N–C) groups is 1. The molecule has 0 unspecified atom stereocenters. The van der Waals surface area contributed by atoms with Gasteiger partial charge in [0.15, 0.2) is 6.61 Å². The largest absolute Gasteiger partial charge is 0.482 e. The molecule has 0 spiro atoms. The van der Waals surface area contributed by atoms with E-state index in [1.807, 2.05) is 0 Å². The van der Waals surface area contributed by atoms with Crippen molar-refractivity contribution in [3.8, 4) is 5.75 Å². The fourth-order valence-electron chi connectivity index (χ4n) is 2.65. The van der Waals surface area contributed by atoms with E-state index in [1.165, 1.54) is 18.2 Å². The zero-order chi connectivity index (χ0) is 22.9. The highest BCUT2D eigenvalue weighted by Crippen LogP contribution is 2.25. The monoisotopic (exact) mass is 454 g/mol. The van der Waals surface area contributed by atoms with E-state index < -0.39 is 11.7 Å². The second kappa shape index (κ2) is 11.1. The van der Waals surface area contributed by atoms with Gasteiger partial charge in [-0.15, -0.1) is 0 Å². The Labute approximate surface area is 189 Å². The minimum Gasteiger partial charge on any atom is -0.482 e. The maximum absolute atomic E-state index is 13.6. The maximum atomic E-state index is 13.6. The van der Waals surface area contributed by atoms with Crippen molar-refractivity contribution >= 4 is 41.1 Å². The van der Waals surface area contributed by atoms with E-state index in [2.05, 4.69) is 10.3 Å². The van der Waals surface area contributed by atoms with Crippen LogP contribution in [0.4, 0.5) is 15.8 Å². The number of anilines is 1. The van der Waals surface area contributed by atoms with Gasteiger partial charge < -0.3 is 14.8 Å². The molecule has 0 aromatic heterocycles. The van der Waals surface area contributed by atoms with Crippen molar-refractivity contribution in [3.05, 3.63) is 88.7 Å². The third kappa shape index (κ3) is 6.39. The molecular formula is C24H20ClFN2O4. The second-order valence-corrected chi connectivity index (χ2v) is 6.94. The molecular weight excluding hydrogens is 435 g/mol. The smallest absolute Gasteiger partial charge is 0.338 e. The van der Waals surface area contributed by atoms with E-state index in [4.69, 9.17) is 21.1 Å². The molecule has 0 aliphatic rings. The summed E-state index contributed by atoms with van der Waals surface area (Å²) in [5.41, 5.74) is 1.90. The SMILES string of the molecule is CCOC(=O)c1ccc(N=Cc2ccc(OCC(=O)Nc3ccccc3F)c(Cl)c2)cc1. The predicted octanol–water partition coefficient (Wildman–Crippen LogP) is 5.42. The van der Waals surface area contributed by atoms with Crippen LogP contribution in [0.15, 0.2) is 71.7 Å². The topological polar surface area (TPSA) is 77.0 Å². The Kier molecular flexibility index (Phi) is 7.94. The molecule has 32 heavy (non-hydrogen) atoms. The minimum atomic E-state index is -0.530. The maximum Gasteiger partial charge on any atom is 0.338 e. The van der Waals surface area contributed by atoms with E-state index in [-0.39, 0.29) is 18.3 Å². The van der Waals surface area contributed by atoms with E-state index in [0.29, 0.717) is 34.2 Å². The van der Waals surface area contributed by atoms with Gasteiger partial charge in [-0.05, 0) is 67.1 Å². The Morgan fingerprint density at radius 3 is 2.53 bits per heavy atom. The number of ether oxygens (including phenoxy) is 2. The lowest BCUT2D eigenvalue weighted by atomic mass is 10.2. The summed E-state index contributed by atoms with van der Waals surface area (Å²) in [6.07, 6.45) is 1.61. The van der Waals surface area contributed by atoms with Gasteiger partial charge in [-0.1, -0.05) is 23.7 Å². The third-order valence-corrected chi connectivity index (χ3v) is 4.50. The van der Waals surface area contributed by atoms with Crippen LogP contribution in [0.25, 0.3) is 0 Å². The Morgan fingerprint density at radius 2 is 1.84 bits per heavy atom. The summed E-state index contributed by atoms with van der Waals surface area (Å²) in [5.74, 6) is -1.11. The fraction of sp³-hybridized carbons (Fsp3) is 0.125. The molecule has 0 heterocycles. The van der Waals surface area contributed by atoms with Crippen LogP contribution in [-0.4, -0.2) is 31.3 Å². The number of esters is 1. The Morgan fingerprint density at radius 1 is 1.09 bits per heavy atom. The number of amides is 1. The van der Waals surface area contributed by atoms with E-state index in [0.717, 1.165) is 0 Å². The lowest BCUT2D eigenvalue weighted by Gasteiger charge is -2.09. The van der Waals surface area contributed by atoms with E-state index >= 15 is 0 Å². The molecule has 0 saturated heterocycles. The third-order valence-electron chi connectivity index (χ3n) is 4.20. The van der Waals surface area contributed by atoms with Gasteiger partial charge in [0.2, 0.25) is 0 Å². The quantitative estimate of drug-likeness (QED) is 0.364. The number of nitrogens with one attached hydrogen (secondary N) is 1. The normalized spacial score (nSPS) is 10.7. The molecule has 3 rings (SSSR count). The molecule has 0 fully saturated rings. The van der Waals surface area contributed by atoms with Crippen LogP contribution in [-0.2, 0) is 9.53 Å². The highest BCUT2D eigenvalue weighted by Gasteiger charge is 2.09. The van der Waals surface area contributed by atoms with Crippen LogP contribution in [0.3, 0.4) is 0 Å². The van der Waals surface area contributed by atoms with Gasteiger partial charge in [0, 0.05) is 6.21 Å². The zero-order valence-corrected chi connectivity index (χ0v) is 17.9. The summed E-state index contributed by atoms with van der Waals surface area (Å²) in [7, 11) is 0. The Bertz CT molecular complexity index is 1130. The number of rotatable bonds is 8. The van der Waals surface area contributed by atoms with Crippen LogP contribution < -0.4 is 10.1 Å². The minimum absolute atomic E-state index is 0.0778. The molecule has 3 aromatic rings. The molecule has 0 radical (unpaired) electrons. The highest BCUT2D eigenvalue weighted by atomic mass is 35.5. The average Bonchev–Trinajstić information content (AvgIpc) is 2.79. The van der Waals surface area contributed by atoms with Crippen LogP contribution in [0.5, 0.6) is 5.75 Å². The molecule has 1 N–H and O–H groups in total. The first-order valence-electron chi connectivity index (χ1n) is 9.74. The van der Waals surface area contributed by atoms with Gasteiger partial charge in [0.1, 0.15) is 11.6 Å². The first-order valence-corrected chi connectivity index (χ1v) is 10.1. The Balaban J connectivity index is 1.57. The van der Waals surface area contributed by atoms with Crippen molar-refractivity contribution in [3.63, 3.8) is 0 Å². The van der Waals surface area contributed by atoms with Gasteiger partial charge >= 0.3 is 5.97 Å². The van der Waals surface area contributed by atoms with Gasteiger partial charge in [0.25, 0.3) is 5.91 Å². The number of halogens is 2. The summed E-state index contributed by atoms with van der Waals surface area (Å²) in [5, 5.41) is 2.73. The summed E-state index contributed by atoms with van der Waals surface area (Å²) >= 11 is 6.24. The number of carbonyl (C=O) groups excluding carboxylic acids is 2. The molecule has 8 heteroatoms. The zero-order valence-electron chi connectivity index (χ0n) is 17.2. The molecule has 0 bridgehead atoms. The number of hydrogen-bond acceptors (Lipinski definition) is 5. The first kappa shape index (κ1) is 23.0. The van der Waals surface area contributed by atoms with Crippen LogP contribution in [0.1, 0.15) is 22.8 Å². The summed E-state index contributed by atoms with van der Waals surface area (Å²) in [6, 6.07) is 17.5. The van der Waals surface area contributed by atoms with Crippen molar-refractivity contribution in [2.75, 3.05) is 18.5 Å². The summed E-state index contributed by atoms with van der Waals surface area (Å²) in [6.45, 7) is 1.74. The van der Waals surface area contributed by atoms with Gasteiger partial charge in [0.05, 0.1) is 28.6 Å². The molecule has 0 aliphatic carbocycles. The van der Waals surface area contributed by atoms with Gasteiger partial charge in [-0.2, -0.15) is 0 Å². The molecule has 1 amide bonds. The lowest BCUT2D eigenvalue weighted by Crippen LogP contribution is -2.20. The summed E-state index contributed by atoms with van der Waals surface area (Å²) < 4.78 is 24.0. The Hall–Kier alpha value is -3.71. The molecule has 0 saturated carbocycles. The van der Waals surface area contributed by atoms with Crippen molar-refractivity contribution in [1.29, 1.82) is 0 Å². The van der Waals surface area contributed by atoms with Crippen LogP contribution in [0.2, 0.25) is 5.02 Å². The number of hydrogen-bond donors (Lipinski definition) is 1. The second-order valence-electron chi connectivity index (χ2n) is 6.53. The first-order chi connectivity index (χ1) is 15.5.